The van der Waals surface area contributed by atoms with Crippen molar-refractivity contribution in [1.82, 2.24) is 4.57 Å². The number of carbonyl (C=O) groups is 2. The van der Waals surface area contributed by atoms with Gasteiger partial charge in [-0.1, -0.05) is 47.5 Å². The van der Waals surface area contributed by atoms with Crippen molar-refractivity contribution in [3.8, 4) is 0 Å². The number of thiazole rings is 1. The standard InChI is InChI=1S/C19H13Cl2F3N2O3S/c1-2-13(17(28)29)26-14-5-3-4-10(19(22,23)24)15(14)30-18(26)25-16(27)9-6-7-11(20)12(21)8-9/h3-8,13H,2H2,1H3,(H,28,29)/b25-18-. The predicted molar refractivity (Wildman–Crippen MR) is 108 cm³/mol. The number of hydrogen-bond donors (Lipinski definition) is 1. The second-order valence-electron chi connectivity index (χ2n) is 6.21. The molecular weight excluding hydrogens is 464 g/mol. The Kier molecular flexibility index (Phi) is 6.26. The molecule has 0 aliphatic heterocycles. The summed E-state index contributed by atoms with van der Waals surface area (Å²) in [4.78, 5) is 28.1. The van der Waals surface area contributed by atoms with Gasteiger partial charge in [0.1, 0.15) is 6.04 Å². The van der Waals surface area contributed by atoms with Crippen LogP contribution in [0, 0.1) is 0 Å². The van der Waals surface area contributed by atoms with Gasteiger partial charge >= 0.3 is 12.1 Å². The van der Waals surface area contributed by atoms with Crippen LogP contribution in [-0.4, -0.2) is 21.6 Å². The number of rotatable bonds is 4. The van der Waals surface area contributed by atoms with E-state index in [4.69, 9.17) is 23.2 Å². The van der Waals surface area contributed by atoms with E-state index in [0.717, 1.165) is 10.6 Å². The smallest absolute Gasteiger partial charge is 0.417 e. The highest BCUT2D eigenvalue weighted by Gasteiger charge is 2.34. The number of carbonyl (C=O) groups excluding carboxylic acids is 1. The van der Waals surface area contributed by atoms with E-state index in [0.29, 0.717) is 11.3 Å². The molecule has 1 amide bonds. The lowest BCUT2D eigenvalue weighted by Crippen LogP contribution is -2.27. The monoisotopic (exact) mass is 476 g/mol. The van der Waals surface area contributed by atoms with Gasteiger partial charge in [0.15, 0.2) is 4.80 Å². The summed E-state index contributed by atoms with van der Waals surface area (Å²) in [5, 5.41) is 9.91. The van der Waals surface area contributed by atoms with Gasteiger partial charge in [-0.25, -0.2) is 4.79 Å². The van der Waals surface area contributed by atoms with E-state index in [1.54, 1.807) is 6.92 Å². The van der Waals surface area contributed by atoms with Gasteiger partial charge in [0.25, 0.3) is 5.91 Å². The minimum atomic E-state index is -4.65. The van der Waals surface area contributed by atoms with Gasteiger partial charge < -0.3 is 9.67 Å². The lowest BCUT2D eigenvalue weighted by atomic mass is 10.1. The third-order valence-electron chi connectivity index (χ3n) is 4.31. The fourth-order valence-corrected chi connectivity index (χ4v) is 4.41. The van der Waals surface area contributed by atoms with Crippen molar-refractivity contribution in [3.05, 3.63) is 62.4 Å². The van der Waals surface area contributed by atoms with E-state index >= 15 is 0 Å². The molecule has 2 aromatic carbocycles. The average molecular weight is 477 g/mol. The molecule has 0 aliphatic rings. The molecule has 0 spiro atoms. The number of amides is 1. The summed E-state index contributed by atoms with van der Waals surface area (Å²) in [6.07, 6.45) is -4.58. The zero-order valence-corrected chi connectivity index (χ0v) is 17.5. The molecule has 0 radical (unpaired) electrons. The van der Waals surface area contributed by atoms with Gasteiger partial charge in [0, 0.05) is 5.56 Å². The van der Waals surface area contributed by atoms with Crippen LogP contribution in [0.2, 0.25) is 10.0 Å². The summed E-state index contributed by atoms with van der Waals surface area (Å²) < 4.78 is 41.3. The van der Waals surface area contributed by atoms with E-state index in [1.807, 2.05) is 0 Å². The minimum Gasteiger partial charge on any atom is -0.480 e. The molecule has 30 heavy (non-hydrogen) atoms. The number of aromatic nitrogens is 1. The summed E-state index contributed by atoms with van der Waals surface area (Å²) in [6.45, 7) is 1.58. The first-order chi connectivity index (χ1) is 14.0. The summed E-state index contributed by atoms with van der Waals surface area (Å²) in [5.41, 5.74) is -0.833. The molecule has 1 aromatic heterocycles. The first kappa shape index (κ1) is 22.3. The molecular formula is C19H13Cl2F3N2O3S. The number of carboxylic acids is 1. The fourth-order valence-electron chi connectivity index (χ4n) is 2.91. The third kappa shape index (κ3) is 4.23. The van der Waals surface area contributed by atoms with Crippen LogP contribution in [0.25, 0.3) is 10.2 Å². The molecule has 1 atom stereocenters. The van der Waals surface area contributed by atoms with E-state index in [-0.39, 0.29) is 37.0 Å². The van der Waals surface area contributed by atoms with Crippen LogP contribution in [-0.2, 0) is 11.0 Å². The first-order valence-electron chi connectivity index (χ1n) is 8.52. The Bertz CT molecular complexity index is 1220. The minimum absolute atomic E-state index is 0.0322. The first-order valence-corrected chi connectivity index (χ1v) is 10.1. The quantitative estimate of drug-likeness (QED) is 0.516. The molecule has 11 heteroatoms. The molecule has 0 saturated carbocycles. The molecule has 0 bridgehead atoms. The number of carboxylic acid groups (broad SMARTS) is 1. The Balaban J connectivity index is 2.31. The molecule has 0 fully saturated rings. The van der Waals surface area contributed by atoms with Gasteiger partial charge in [-0.15, -0.1) is 0 Å². The van der Waals surface area contributed by atoms with Gasteiger partial charge in [-0.3, -0.25) is 4.79 Å². The Morgan fingerprint density at radius 3 is 2.47 bits per heavy atom. The molecule has 0 saturated heterocycles. The second kappa shape index (κ2) is 8.41. The number of aliphatic carboxylic acids is 1. The summed E-state index contributed by atoms with van der Waals surface area (Å²) in [5.74, 6) is -2.04. The number of alkyl halides is 3. The van der Waals surface area contributed by atoms with Crippen LogP contribution in [0.15, 0.2) is 41.4 Å². The van der Waals surface area contributed by atoms with Gasteiger partial charge in [0.05, 0.1) is 25.8 Å². The summed E-state index contributed by atoms with van der Waals surface area (Å²) >= 11 is 12.3. The third-order valence-corrected chi connectivity index (χ3v) is 6.15. The van der Waals surface area contributed by atoms with Crippen LogP contribution < -0.4 is 4.80 Å². The van der Waals surface area contributed by atoms with E-state index in [9.17, 15) is 27.9 Å². The van der Waals surface area contributed by atoms with E-state index in [1.165, 1.54) is 30.3 Å². The predicted octanol–water partition coefficient (Wildman–Crippen LogP) is 5.81. The van der Waals surface area contributed by atoms with E-state index < -0.39 is 29.7 Å². The second-order valence-corrected chi connectivity index (χ2v) is 8.01. The highest BCUT2D eigenvalue weighted by molar-refractivity contribution is 7.16. The average Bonchev–Trinajstić information content (AvgIpc) is 3.01. The maximum absolute atomic E-state index is 13.5. The van der Waals surface area contributed by atoms with Crippen molar-refractivity contribution in [2.24, 2.45) is 4.99 Å². The lowest BCUT2D eigenvalue weighted by molar-refractivity contribution is -0.141. The van der Waals surface area contributed by atoms with Crippen LogP contribution in [0.5, 0.6) is 0 Å². The number of fused-ring (bicyclic) bond motifs is 1. The van der Waals surface area contributed by atoms with Crippen LogP contribution in [0.4, 0.5) is 13.2 Å². The number of halogens is 5. The Morgan fingerprint density at radius 1 is 1.20 bits per heavy atom. The molecule has 5 nitrogen and oxygen atoms in total. The largest absolute Gasteiger partial charge is 0.480 e. The maximum atomic E-state index is 13.5. The molecule has 3 aromatic rings. The summed E-state index contributed by atoms with van der Waals surface area (Å²) in [6, 6.07) is 6.29. The molecule has 1 N–H and O–H groups in total. The van der Waals surface area contributed by atoms with Gasteiger partial charge in [-0.2, -0.15) is 18.2 Å². The molecule has 1 heterocycles. The van der Waals surface area contributed by atoms with Gasteiger partial charge in [-0.05, 0) is 36.8 Å². The highest BCUT2D eigenvalue weighted by Crippen LogP contribution is 2.37. The normalized spacial score (nSPS) is 13.6. The molecule has 0 aliphatic carbocycles. The van der Waals surface area contributed by atoms with Crippen LogP contribution in [0.3, 0.4) is 0 Å². The SMILES string of the molecule is CCC(C(=O)O)n1/c(=N/C(=O)c2ccc(Cl)c(Cl)c2)sc2c(C(F)(F)F)cccc21. The zero-order chi connectivity index (χ0) is 22.2. The highest BCUT2D eigenvalue weighted by atomic mass is 35.5. The molecule has 1 unspecified atom stereocenters. The number of nitrogens with zero attached hydrogens (tertiary/aromatic N) is 2. The van der Waals surface area contributed by atoms with Crippen molar-refractivity contribution in [3.63, 3.8) is 0 Å². The fraction of sp³-hybridized carbons (Fsp3) is 0.211. The topological polar surface area (TPSA) is 71.7 Å². The van der Waals surface area contributed by atoms with Crippen LogP contribution >= 0.6 is 34.5 Å². The number of benzene rings is 2. The lowest BCUT2D eigenvalue weighted by Gasteiger charge is -2.14. The Hall–Kier alpha value is -2.36. The molecule has 158 valence electrons. The number of hydrogen-bond acceptors (Lipinski definition) is 3. The van der Waals surface area contributed by atoms with Gasteiger partial charge in [0.2, 0.25) is 0 Å². The molecule has 3 rings (SSSR count). The zero-order valence-electron chi connectivity index (χ0n) is 15.2. The summed E-state index contributed by atoms with van der Waals surface area (Å²) in [7, 11) is 0. The Morgan fingerprint density at radius 2 is 1.90 bits per heavy atom. The van der Waals surface area contributed by atoms with Crippen molar-refractivity contribution in [2.45, 2.75) is 25.6 Å². The van der Waals surface area contributed by atoms with Crippen molar-refractivity contribution < 1.29 is 27.9 Å². The maximum Gasteiger partial charge on any atom is 0.417 e. The van der Waals surface area contributed by atoms with Crippen molar-refractivity contribution >= 4 is 56.6 Å². The van der Waals surface area contributed by atoms with Crippen LogP contribution in [0.1, 0.15) is 35.3 Å². The van der Waals surface area contributed by atoms with Crippen molar-refractivity contribution in [1.29, 1.82) is 0 Å². The van der Waals surface area contributed by atoms with E-state index in [2.05, 4.69) is 4.99 Å². The Labute approximate surface area is 182 Å². The van der Waals surface area contributed by atoms with Crippen molar-refractivity contribution in [2.75, 3.05) is 0 Å².